The van der Waals surface area contributed by atoms with Crippen LogP contribution in [0.3, 0.4) is 0 Å². The number of hydrogen-bond acceptors (Lipinski definition) is 8. The third-order valence-corrected chi connectivity index (χ3v) is 6.30. The van der Waals surface area contributed by atoms with Crippen molar-refractivity contribution >= 4 is 23.7 Å². The Kier molecular flexibility index (Phi) is 9.42. The van der Waals surface area contributed by atoms with Crippen molar-refractivity contribution in [2.24, 2.45) is 5.73 Å². The van der Waals surface area contributed by atoms with E-state index in [4.69, 9.17) is 19.9 Å². The molecule has 10 nitrogen and oxygen atoms in total. The minimum Gasteiger partial charge on any atom is -0.482 e. The number of alkyl halides is 3. The number of aromatic nitrogens is 1. The Hall–Kier alpha value is -4.00. The number of rotatable bonds is 7. The number of methoxy groups -OCH3 is 1. The summed E-state index contributed by atoms with van der Waals surface area (Å²) < 4.78 is 58.7. The molecule has 1 atom stereocenters. The molecule has 2 N–H and O–H groups in total. The summed E-state index contributed by atoms with van der Waals surface area (Å²) in [5.41, 5.74) is 4.83. The Morgan fingerprint density at radius 1 is 1.12 bits per heavy atom. The first-order chi connectivity index (χ1) is 19.0. The van der Waals surface area contributed by atoms with Gasteiger partial charge in [-0.25, -0.2) is 4.79 Å². The number of halogens is 3. The summed E-state index contributed by atoms with van der Waals surface area (Å²) in [6, 6.07) is 4.38. The maximum Gasteiger partial charge on any atom is 0.596 e. The highest BCUT2D eigenvalue weighted by Gasteiger charge is 2.36. The van der Waals surface area contributed by atoms with Crippen LogP contribution in [0.4, 0.5) is 18.0 Å². The molecule has 1 aromatic heterocycles. The van der Waals surface area contributed by atoms with E-state index in [1.54, 1.807) is 34.6 Å². The molecule has 0 spiro atoms. The molecule has 2 aromatic rings. The molecule has 1 unspecified atom stereocenters. The van der Waals surface area contributed by atoms with Crippen molar-refractivity contribution < 1.29 is 46.3 Å². The van der Waals surface area contributed by atoms with Gasteiger partial charge in [0.25, 0.3) is 0 Å². The lowest BCUT2D eigenvalue weighted by Crippen LogP contribution is -2.48. The number of carbonyl (C=O) groups excluding carboxylic acids is 3. The van der Waals surface area contributed by atoms with Crippen LogP contribution in [0.1, 0.15) is 71.3 Å². The minimum atomic E-state index is -4.62. The van der Waals surface area contributed by atoms with Gasteiger partial charge in [0.15, 0.2) is 18.4 Å². The van der Waals surface area contributed by atoms with Crippen molar-refractivity contribution in [3.63, 3.8) is 0 Å². The third-order valence-electron chi connectivity index (χ3n) is 6.30. The first-order valence-electron chi connectivity index (χ1n) is 12.8. The van der Waals surface area contributed by atoms with Crippen LogP contribution in [-0.2, 0) is 15.7 Å². The molecule has 2 heterocycles. The van der Waals surface area contributed by atoms with Gasteiger partial charge in [0, 0.05) is 25.2 Å². The van der Waals surface area contributed by atoms with Crippen LogP contribution in [0.25, 0.3) is 0 Å². The number of aryl methyl sites for hydroxylation is 1. The van der Waals surface area contributed by atoms with Gasteiger partial charge in [0.05, 0.1) is 31.5 Å². The number of nitrogens with two attached hydrogens (primary N) is 1. The van der Waals surface area contributed by atoms with Gasteiger partial charge in [-0.1, -0.05) is 0 Å². The van der Waals surface area contributed by atoms with Crippen molar-refractivity contribution in [3.8, 4) is 5.75 Å². The third kappa shape index (κ3) is 8.03. The van der Waals surface area contributed by atoms with E-state index in [-0.39, 0.29) is 35.7 Å². The summed E-state index contributed by atoms with van der Waals surface area (Å²) in [7, 11) is 1.14. The zero-order valence-electron chi connectivity index (χ0n) is 23.8. The zero-order valence-corrected chi connectivity index (χ0v) is 23.8. The predicted molar refractivity (Wildman–Crippen MR) is 142 cm³/mol. The minimum absolute atomic E-state index is 0.0170. The van der Waals surface area contributed by atoms with Crippen LogP contribution in [0.15, 0.2) is 30.5 Å². The number of benzene rings is 1. The second kappa shape index (κ2) is 12.2. The molecule has 0 bridgehead atoms. The van der Waals surface area contributed by atoms with Crippen molar-refractivity contribution in [3.05, 3.63) is 58.4 Å². The van der Waals surface area contributed by atoms with E-state index in [0.29, 0.717) is 24.4 Å². The Bertz CT molecular complexity index is 1370. The number of primary amides is 1. The van der Waals surface area contributed by atoms with Gasteiger partial charge in [-0.2, -0.15) is 18.0 Å². The number of amides is 2. The molecule has 0 saturated carbocycles. The Labute approximate surface area is 235 Å². The molecule has 0 fully saturated rings. The van der Waals surface area contributed by atoms with E-state index in [1.165, 1.54) is 16.7 Å². The van der Waals surface area contributed by atoms with Gasteiger partial charge in [-0.3, -0.25) is 14.7 Å². The van der Waals surface area contributed by atoms with Crippen LogP contribution in [0, 0.1) is 6.92 Å². The number of carbonyl (C=O) groups is 3. The predicted octanol–water partition coefficient (Wildman–Crippen LogP) is 4.14. The molecule has 13 heteroatoms. The Morgan fingerprint density at radius 2 is 1.80 bits per heavy atom. The molecular weight excluding hydrogens is 545 g/mol. The van der Waals surface area contributed by atoms with Gasteiger partial charge < -0.3 is 19.9 Å². The van der Waals surface area contributed by atoms with E-state index < -0.39 is 41.4 Å². The summed E-state index contributed by atoms with van der Waals surface area (Å²) in [6.45, 7) is 9.63. The van der Waals surface area contributed by atoms with Crippen LogP contribution in [0.5, 0.6) is 5.75 Å². The highest BCUT2D eigenvalue weighted by molar-refractivity contribution is 5.99. The average molecular weight is 580 g/mol. The van der Waals surface area contributed by atoms with Crippen molar-refractivity contribution in [1.29, 1.82) is 0 Å². The highest BCUT2D eigenvalue weighted by atomic mass is 19.4. The maximum atomic E-state index is 13.6. The van der Waals surface area contributed by atoms with E-state index >= 15 is 0 Å². The van der Waals surface area contributed by atoms with Gasteiger partial charge in [0.1, 0.15) is 16.9 Å². The molecule has 41 heavy (non-hydrogen) atoms. The van der Waals surface area contributed by atoms with Crippen LogP contribution in [0.2, 0.25) is 0 Å². The second-order valence-electron chi connectivity index (χ2n) is 10.7. The summed E-state index contributed by atoms with van der Waals surface area (Å²) in [4.78, 5) is 43.1. The first-order valence-corrected chi connectivity index (χ1v) is 12.8. The number of esters is 1. The molecule has 1 aliphatic rings. The van der Waals surface area contributed by atoms with E-state index in [1.807, 2.05) is 4.90 Å². The molecule has 3 rings (SSSR count). The molecule has 0 radical (unpaired) electrons. The number of pyridine rings is 1. The summed E-state index contributed by atoms with van der Waals surface area (Å²) in [6.07, 6.45) is -5.16. The molecule has 0 aliphatic carbocycles. The fraction of sp³-hybridized carbons (Fsp3) is 0.464. The van der Waals surface area contributed by atoms with Crippen molar-refractivity contribution in [1.82, 2.24) is 9.88 Å². The fourth-order valence-corrected chi connectivity index (χ4v) is 4.33. The highest BCUT2D eigenvalue weighted by Crippen LogP contribution is 2.33. The van der Waals surface area contributed by atoms with Crippen molar-refractivity contribution in [2.45, 2.75) is 52.5 Å². The lowest BCUT2D eigenvalue weighted by Gasteiger charge is -2.30. The SMILES string of the molecule is COC(=O)c1cc(C(N)=O)c(C)cc1OC(CN1CC[N+](C(=O)OC(C)(C)C)=C(C)C1)c1cc(C(F)(F)F)ccn1. The zero-order chi connectivity index (χ0) is 30.7. The fourth-order valence-electron chi connectivity index (χ4n) is 4.33. The molecule has 2 amide bonds. The lowest BCUT2D eigenvalue weighted by atomic mass is 10.0. The normalized spacial score (nSPS) is 15.3. The second-order valence-corrected chi connectivity index (χ2v) is 10.7. The van der Waals surface area contributed by atoms with Crippen molar-refractivity contribution in [2.75, 3.05) is 33.3 Å². The lowest BCUT2D eigenvalue weighted by molar-refractivity contribution is -0.458. The standard InChI is InChI=1S/C28H33F3N4O6/c1-16-11-22(20(25(37)39-6)13-19(16)24(32)36)40-23(21-12-18(7-8-33-21)28(29,30)31)15-34-9-10-35(17(2)14-34)26(38)41-27(3,4)5/h7-8,11-13,23H,9-10,14-15H2,1-6H3,(H-,32,36)/p+1. The van der Waals surface area contributed by atoms with Crippen LogP contribution < -0.4 is 10.5 Å². The van der Waals surface area contributed by atoms with E-state index in [9.17, 15) is 27.6 Å². The average Bonchev–Trinajstić information content (AvgIpc) is 2.86. The van der Waals surface area contributed by atoms with Gasteiger partial charge in [-0.15, -0.1) is 4.58 Å². The Morgan fingerprint density at radius 3 is 2.37 bits per heavy atom. The largest absolute Gasteiger partial charge is 0.596 e. The number of hydrogen-bond donors (Lipinski definition) is 1. The quantitative estimate of drug-likeness (QED) is 0.384. The summed E-state index contributed by atoms with van der Waals surface area (Å²) in [5.74, 6) is -1.62. The number of ether oxygens (including phenoxy) is 3. The molecule has 222 valence electrons. The van der Waals surface area contributed by atoms with Crippen LogP contribution >= 0.6 is 0 Å². The van der Waals surface area contributed by atoms with E-state index in [2.05, 4.69) is 4.98 Å². The molecule has 0 saturated heterocycles. The Balaban J connectivity index is 2.01. The van der Waals surface area contributed by atoms with E-state index in [0.717, 1.165) is 25.4 Å². The van der Waals surface area contributed by atoms with Gasteiger partial charge >= 0.3 is 18.2 Å². The molecule has 1 aliphatic heterocycles. The monoisotopic (exact) mass is 579 g/mol. The van der Waals surface area contributed by atoms with Crippen LogP contribution in [-0.4, -0.2) is 77.0 Å². The smallest absolute Gasteiger partial charge is 0.482 e. The number of nitrogens with zero attached hydrogens (tertiary/aromatic N) is 3. The summed E-state index contributed by atoms with van der Waals surface area (Å²) in [5, 5.41) is 0. The molecular formula is C28H34F3N4O6+. The van der Waals surface area contributed by atoms with Gasteiger partial charge in [0.2, 0.25) is 5.91 Å². The van der Waals surface area contributed by atoms with Gasteiger partial charge in [-0.05, 0) is 57.5 Å². The summed E-state index contributed by atoms with van der Waals surface area (Å²) >= 11 is 0. The maximum absolute atomic E-state index is 13.6. The molecule has 1 aromatic carbocycles. The first kappa shape index (κ1) is 31.5. The topological polar surface area (TPSA) is 124 Å².